The highest BCUT2D eigenvalue weighted by atomic mass is 16.3. The van der Waals surface area contributed by atoms with Crippen molar-refractivity contribution >= 4 is 65.0 Å². The van der Waals surface area contributed by atoms with Crippen LogP contribution in [0.2, 0.25) is 0 Å². The summed E-state index contributed by atoms with van der Waals surface area (Å²) >= 11 is 0. The van der Waals surface area contributed by atoms with Crippen molar-refractivity contribution < 1.29 is 57.8 Å². The van der Waals surface area contributed by atoms with Crippen molar-refractivity contribution in [3.05, 3.63) is 0 Å². The Morgan fingerprint density at radius 3 is 1.29 bits per heavy atom. The van der Waals surface area contributed by atoms with Crippen LogP contribution in [0, 0.1) is 41.4 Å². The number of aliphatic hydroxyl groups excluding tert-OH is 1. The topological polar surface area (TPSA) is 279 Å². The van der Waals surface area contributed by atoms with E-state index in [2.05, 4.69) is 21.3 Å². The smallest absolute Gasteiger partial charge is 0.246 e. The maximum Gasteiger partial charge on any atom is 0.246 e. The van der Waals surface area contributed by atoms with Crippen LogP contribution in [0.5, 0.6) is 0 Å². The second kappa shape index (κ2) is 35.1. The van der Waals surface area contributed by atoms with Crippen molar-refractivity contribution in [3.8, 4) is 0 Å². The number of carbonyl (C=O) groups is 11. The molecule has 1 aliphatic heterocycles. The number of hydrogen-bond acceptors (Lipinski definition) is 12. The molecule has 0 bridgehead atoms. The van der Waals surface area contributed by atoms with Gasteiger partial charge in [-0.2, -0.15) is 0 Å². The molecule has 85 heavy (non-hydrogen) atoms. The molecule has 5 N–H and O–H groups in total. The Labute approximate surface area is 509 Å². The van der Waals surface area contributed by atoms with E-state index in [-0.39, 0.29) is 55.8 Å². The van der Waals surface area contributed by atoms with E-state index in [0.717, 1.165) is 16.2 Å². The van der Waals surface area contributed by atoms with Crippen molar-refractivity contribution in [1.29, 1.82) is 0 Å². The third kappa shape index (κ3) is 21.8. The Kier molecular flexibility index (Phi) is 31.8. The highest BCUT2D eigenvalue weighted by Gasteiger charge is 2.46. The van der Waals surface area contributed by atoms with Crippen molar-refractivity contribution in [2.75, 3.05) is 55.9 Å². The molecule has 11 amide bonds. The van der Waals surface area contributed by atoms with Gasteiger partial charge >= 0.3 is 0 Å². The maximum atomic E-state index is 15.1. The van der Waals surface area contributed by atoms with Crippen LogP contribution >= 0.6 is 0 Å². The zero-order valence-corrected chi connectivity index (χ0v) is 56.3. The number of carbonyl (C=O) groups excluding carboxylic acids is 11. The number of hydrogen-bond donors (Lipinski definition) is 5. The van der Waals surface area contributed by atoms with E-state index in [9.17, 15) is 48.3 Å². The molecule has 488 valence electrons. The van der Waals surface area contributed by atoms with Gasteiger partial charge in [0.05, 0.1) is 12.6 Å². The molecule has 23 nitrogen and oxygen atoms in total. The predicted octanol–water partition coefficient (Wildman–Crippen LogP) is 3.49. The van der Waals surface area contributed by atoms with Crippen LogP contribution in [0.15, 0.2) is 0 Å². The van der Waals surface area contributed by atoms with Gasteiger partial charge in [-0.1, -0.05) is 117 Å². The second-order valence-corrected chi connectivity index (χ2v) is 26.4. The fourth-order valence-electron chi connectivity index (χ4n) is 10.9. The summed E-state index contributed by atoms with van der Waals surface area (Å²) in [5, 5.41) is 23.1. The van der Waals surface area contributed by atoms with Gasteiger partial charge < -0.3 is 60.7 Å². The van der Waals surface area contributed by atoms with Crippen molar-refractivity contribution in [1.82, 2.24) is 55.6 Å². The molecule has 0 unspecified atom stereocenters. The third-order valence-electron chi connectivity index (χ3n) is 16.3. The molecule has 0 aromatic carbocycles. The molecule has 1 rings (SSSR count). The van der Waals surface area contributed by atoms with E-state index in [1.807, 2.05) is 62.3 Å². The summed E-state index contributed by atoms with van der Waals surface area (Å²) in [5.41, 5.74) is 0. The number of nitrogens with zero attached hydrogens (tertiary/aromatic N) is 7. The first-order valence-electron chi connectivity index (χ1n) is 31.0. The highest BCUT2D eigenvalue weighted by Crippen LogP contribution is 2.26. The Bertz CT molecular complexity index is 2280. The summed E-state index contributed by atoms with van der Waals surface area (Å²) in [6.45, 7) is 29.6. The van der Waals surface area contributed by atoms with Gasteiger partial charge in [-0.05, 0) is 93.8 Å². The summed E-state index contributed by atoms with van der Waals surface area (Å²) in [5.74, 6) is -9.50. The van der Waals surface area contributed by atoms with E-state index in [0.29, 0.717) is 12.8 Å². The average molecular weight is 1200 g/mol. The molecule has 0 saturated carbocycles. The lowest BCUT2D eigenvalue weighted by molar-refractivity contribution is -0.157. The lowest BCUT2D eigenvalue weighted by Crippen LogP contribution is -2.63. The predicted molar refractivity (Wildman–Crippen MR) is 329 cm³/mol. The zero-order chi connectivity index (χ0) is 66.0. The first kappa shape index (κ1) is 77.1. The van der Waals surface area contributed by atoms with Gasteiger partial charge in [0.15, 0.2) is 0 Å². The van der Waals surface area contributed by atoms with E-state index in [4.69, 9.17) is 0 Å². The number of rotatable bonds is 16. The molecule has 0 aromatic rings. The molecule has 1 aliphatic rings. The monoisotopic (exact) mass is 1200 g/mol. The molecule has 1 saturated heterocycles. The number of unbranched alkanes of at least 4 members (excludes halogenated alkanes) is 1. The SMILES string of the molecule is CCCC[C@@H](C)[C@@H](O)[C@@H]1C(=O)N[C@H](CC)C(=O)N(C)CC(=O)N(C)[C@@H](CC(C)C)C(=O)N[C@H](C(C)C)C(=O)N(C)[C@H](CC(C)C)C(=O)N[C@H](C)C(=O)N[C@@H](C)C(=O)N(C)[C@H](CC(C)C)C(=O)N(C)[C@H](CC(C)C)C(=O)N(C)[C@H](C(C)C)C(=O)N1C. The van der Waals surface area contributed by atoms with E-state index in [1.165, 1.54) is 87.7 Å². The minimum atomic E-state index is -1.58. The third-order valence-corrected chi connectivity index (χ3v) is 16.3. The van der Waals surface area contributed by atoms with Crippen LogP contribution in [-0.4, -0.2) is 227 Å². The summed E-state index contributed by atoms with van der Waals surface area (Å²) in [6.07, 6.45) is 1.20. The van der Waals surface area contributed by atoms with Gasteiger partial charge in [0.25, 0.3) is 0 Å². The largest absolute Gasteiger partial charge is 0.390 e. The highest BCUT2D eigenvalue weighted by molar-refractivity contribution is 5.99. The van der Waals surface area contributed by atoms with Crippen molar-refractivity contribution in [3.63, 3.8) is 0 Å². The Morgan fingerprint density at radius 2 is 0.847 bits per heavy atom. The molecule has 0 radical (unpaired) electrons. The second-order valence-electron chi connectivity index (χ2n) is 26.4. The minimum Gasteiger partial charge on any atom is -0.390 e. The number of amides is 11. The quantitative estimate of drug-likeness (QED) is 0.149. The van der Waals surface area contributed by atoms with Gasteiger partial charge in [-0.3, -0.25) is 52.7 Å². The van der Waals surface area contributed by atoms with Gasteiger partial charge in [0, 0.05) is 49.3 Å². The van der Waals surface area contributed by atoms with Crippen molar-refractivity contribution in [2.24, 2.45) is 41.4 Å². The summed E-state index contributed by atoms with van der Waals surface area (Å²) in [7, 11) is 9.97. The molecule has 0 aliphatic carbocycles. The van der Waals surface area contributed by atoms with E-state index >= 15 is 9.59 Å². The van der Waals surface area contributed by atoms with Gasteiger partial charge in [0.2, 0.25) is 65.0 Å². The maximum absolute atomic E-state index is 15.1. The number of nitrogens with one attached hydrogen (secondary N) is 4. The van der Waals surface area contributed by atoms with Crippen LogP contribution in [0.3, 0.4) is 0 Å². The molecular formula is C62H113N11O12. The van der Waals surface area contributed by atoms with Gasteiger partial charge in [0.1, 0.15) is 60.4 Å². The zero-order valence-electron chi connectivity index (χ0n) is 56.3. The van der Waals surface area contributed by atoms with E-state index < -0.39 is 156 Å². The van der Waals surface area contributed by atoms with Crippen LogP contribution in [-0.2, 0) is 52.7 Å². The minimum absolute atomic E-state index is 0.0340. The standard InChI is InChI=1S/C62H113N11O12/c1-25-27-28-40(15)52(75)51-56(79)65-43(26-2)58(81)67(18)33-48(74)68(19)44(29-34(3)4)55(78)66-49(38(11)12)61(84)69(20)45(30-35(5)6)54(77)63-41(16)53(76)64-42(17)57(80)70(21)46(31-36(7)8)59(82)71(22)47(32-37(9)10)60(83)72(23)50(39(13)14)62(85)73(51)24/h34-47,49-52,75H,25-33H2,1-24H3,(H,63,77)(H,64,76)(H,65,79)(H,66,78)/t40-,41-,42+,43-,44+,45-,46-,47-,49-,50-,51-,52-/m1/s1. The summed E-state index contributed by atoms with van der Waals surface area (Å²) < 4.78 is 0. The van der Waals surface area contributed by atoms with Crippen molar-refractivity contribution in [2.45, 2.75) is 236 Å². The molecule has 1 fully saturated rings. The first-order valence-corrected chi connectivity index (χ1v) is 31.0. The summed E-state index contributed by atoms with van der Waals surface area (Å²) in [4.78, 5) is 169. The van der Waals surface area contributed by atoms with E-state index in [1.54, 1.807) is 41.5 Å². The van der Waals surface area contributed by atoms with Gasteiger partial charge in [-0.25, -0.2) is 0 Å². The Balaban J connectivity index is 4.31. The van der Waals surface area contributed by atoms with Crippen LogP contribution < -0.4 is 21.3 Å². The fraction of sp³-hybridized carbons (Fsp3) is 0.823. The molecule has 0 aromatic heterocycles. The number of likely N-dealkylation sites (N-methyl/N-ethyl adjacent to an activating group) is 7. The normalized spacial score (nSPS) is 26.8. The molecule has 23 heteroatoms. The summed E-state index contributed by atoms with van der Waals surface area (Å²) in [6, 6.07) is -12.2. The van der Waals surface area contributed by atoms with Crippen LogP contribution in [0.25, 0.3) is 0 Å². The average Bonchev–Trinajstić information content (AvgIpc) is 3.62. The number of aliphatic hydroxyl groups is 1. The molecular weight excluding hydrogens is 1090 g/mol. The first-order chi connectivity index (χ1) is 39.2. The molecule has 12 atom stereocenters. The lowest BCUT2D eigenvalue weighted by Gasteiger charge is -2.41. The Morgan fingerprint density at radius 1 is 0.435 bits per heavy atom. The van der Waals surface area contributed by atoms with Gasteiger partial charge in [-0.15, -0.1) is 0 Å². The fourth-order valence-corrected chi connectivity index (χ4v) is 10.9. The molecule has 0 spiro atoms. The van der Waals surface area contributed by atoms with Crippen LogP contribution in [0.4, 0.5) is 0 Å². The van der Waals surface area contributed by atoms with Crippen LogP contribution in [0.1, 0.15) is 169 Å². The lowest BCUT2D eigenvalue weighted by atomic mass is 9.90. The Hall–Kier alpha value is -5.87. The molecule has 1 heterocycles.